The molecule has 0 fully saturated rings. The number of carbonyl (C=O) groups excluding carboxylic acids is 2. The average Bonchev–Trinajstić information content (AvgIpc) is 3.09. The zero-order valence-corrected chi connectivity index (χ0v) is 17.7. The molecule has 1 heterocycles. The van der Waals surface area contributed by atoms with Crippen LogP contribution in [-0.2, 0) is 22.3 Å². The van der Waals surface area contributed by atoms with Gasteiger partial charge >= 0.3 is 5.97 Å². The van der Waals surface area contributed by atoms with Crippen molar-refractivity contribution in [2.75, 3.05) is 31.7 Å². The van der Waals surface area contributed by atoms with E-state index in [-0.39, 0.29) is 11.9 Å². The molecule has 0 saturated carbocycles. The van der Waals surface area contributed by atoms with Gasteiger partial charge in [-0.25, -0.2) is 4.79 Å². The van der Waals surface area contributed by atoms with Crippen LogP contribution in [0.5, 0.6) is 5.75 Å². The van der Waals surface area contributed by atoms with Crippen LogP contribution in [0, 0.1) is 0 Å². The molecule has 1 aliphatic carbocycles. The molecule has 1 N–H and O–H groups in total. The van der Waals surface area contributed by atoms with Crippen LogP contribution >= 0.6 is 11.3 Å². The van der Waals surface area contributed by atoms with Crippen molar-refractivity contribution in [3.8, 4) is 5.75 Å². The lowest BCUT2D eigenvalue weighted by atomic mass is 9.95. The molecule has 0 unspecified atom stereocenters. The number of ether oxygens (including phenoxy) is 3. The summed E-state index contributed by atoms with van der Waals surface area (Å²) in [5.41, 5.74) is 2.02. The molecule has 6 nitrogen and oxygen atoms in total. The Morgan fingerprint density at radius 1 is 1.10 bits per heavy atom. The Bertz CT molecular complexity index is 861. The normalized spacial score (nSPS) is 12.9. The van der Waals surface area contributed by atoms with Crippen LogP contribution in [0.2, 0.25) is 0 Å². The topological polar surface area (TPSA) is 73.9 Å². The van der Waals surface area contributed by atoms with E-state index in [1.807, 2.05) is 6.92 Å². The number of carbonyl (C=O) groups is 2. The van der Waals surface area contributed by atoms with Gasteiger partial charge in [0, 0.05) is 17.0 Å². The van der Waals surface area contributed by atoms with Crippen LogP contribution in [0.4, 0.5) is 5.00 Å². The van der Waals surface area contributed by atoms with Gasteiger partial charge in [0.2, 0.25) is 0 Å². The third-order valence-corrected chi connectivity index (χ3v) is 5.88. The molecule has 0 saturated heterocycles. The number of fused-ring (bicyclic) bond motifs is 1. The molecule has 7 heteroatoms. The van der Waals surface area contributed by atoms with Crippen LogP contribution in [0.25, 0.3) is 0 Å². The standard InChI is InChI=1S/C22H27NO5S/c1-3-26-12-13-28-16-9-7-8-15(14-16)20(24)23-21-19(22(25)27-4-2)17-10-5-6-11-18(17)29-21/h7-9,14H,3-6,10-13H2,1-2H3,(H,23,24). The maximum absolute atomic E-state index is 12.9. The number of rotatable bonds is 9. The smallest absolute Gasteiger partial charge is 0.341 e. The lowest BCUT2D eigenvalue weighted by Gasteiger charge is -2.12. The first-order valence-electron chi connectivity index (χ1n) is 10.1. The highest BCUT2D eigenvalue weighted by atomic mass is 32.1. The molecule has 2 aromatic rings. The summed E-state index contributed by atoms with van der Waals surface area (Å²) in [6.45, 7) is 5.57. The fourth-order valence-corrected chi connectivity index (χ4v) is 4.61. The first-order valence-corrected chi connectivity index (χ1v) is 10.9. The Morgan fingerprint density at radius 2 is 1.93 bits per heavy atom. The number of hydrogen-bond acceptors (Lipinski definition) is 6. The Hall–Kier alpha value is -2.38. The molecule has 0 spiro atoms. The zero-order chi connectivity index (χ0) is 20.6. The van der Waals surface area contributed by atoms with Gasteiger partial charge in [-0.3, -0.25) is 4.79 Å². The largest absolute Gasteiger partial charge is 0.491 e. The third kappa shape index (κ3) is 5.36. The Balaban J connectivity index is 1.77. The minimum Gasteiger partial charge on any atom is -0.491 e. The van der Waals surface area contributed by atoms with Crippen molar-refractivity contribution >= 4 is 28.2 Å². The number of hydrogen-bond donors (Lipinski definition) is 1. The van der Waals surface area contributed by atoms with Crippen molar-refractivity contribution in [1.82, 2.24) is 0 Å². The van der Waals surface area contributed by atoms with E-state index in [2.05, 4.69) is 5.32 Å². The molecule has 1 aliphatic rings. The number of thiophene rings is 1. The predicted molar refractivity (Wildman–Crippen MR) is 113 cm³/mol. The van der Waals surface area contributed by atoms with Gasteiger partial charge in [-0.2, -0.15) is 0 Å². The van der Waals surface area contributed by atoms with Crippen molar-refractivity contribution in [3.63, 3.8) is 0 Å². The van der Waals surface area contributed by atoms with Gasteiger partial charge in [0.25, 0.3) is 5.91 Å². The second kappa shape index (κ2) is 10.4. The van der Waals surface area contributed by atoms with Crippen LogP contribution in [0.1, 0.15) is 57.8 Å². The monoisotopic (exact) mass is 417 g/mol. The summed E-state index contributed by atoms with van der Waals surface area (Å²) >= 11 is 1.48. The van der Waals surface area contributed by atoms with Gasteiger partial charge < -0.3 is 19.5 Å². The van der Waals surface area contributed by atoms with E-state index < -0.39 is 0 Å². The number of anilines is 1. The molecule has 0 bridgehead atoms. The second-order valence-corrected chi connectivity index (χ2v) is 7.77. The summed E-state index contributed by atoms with van der Waals surface area (Å²) in [6, 6.07) is 6.99. The lowest BCUT2D eigenvalue weighted by Crippen LogP contribution is -2.16. The molecule has 0 radical (unpaired) electrons. The predicted octanol–water partition coefficient (Wildman–Crippen LogP) is 4.47. The molecule has 1 amide bonds. The SMILES string of the molecule is CCOCCOc1cccc(C(=O)Nc2sc3c(c2C(=O)OCC)CCCC3)c1. The van der Waals surface area contributed by atoms with Gasteiger partial charge in [0.15, 0.2) is 0 Å². The van der Waals surface area contributed by atoms with Gasteiger partial charge in [-0.05, 0) is 63.3 Å². The number of aryl methyl sites for hydroxylation is 1. The highest BCUT2D eigenvalue weighted by Gasteiger charge is 2.27. The number of benzene rings is 1. The summed E-state index contributed by atoms with van der Waals surface area (Å²) in [5.74, 6) is -0.0342. The van der Waals surface area contributed by atoms with Gasteiger partial charge in [-0.15, -0.1) is 11.3 Å². The van der Waals surface area contributed by atoms with E-state index in [4.69, 9.17) is 14.2 Å². The molecule has 1 aromatic carbocycles. The van der Waals surface area contributed by atoms with E-state index in [1.54, 1.807) is 31.2 Å². The van der Waals surface area contributed by atoms with Crippen molar-refractivity contribution in [2.45, 2.75) is 39.5 Å². The van der Waals surface area contributed by atoms with Crippen molar-refractivity contribution < 1.29 is 23.8 Å². The van der Waals surface area contributed by atoms with Gasteiger partial charge in [0.05, 0.1) is 18.8 Å². The molecule has 1 aromatic heterocycles. The molecule has 156 valence electrons. The molecule has 0 atom stereocenters. The van der Waals surface area contributed by atoms with E-state index >= 15 is 0 Å². The number of esters is 1. The lowest BCUT2D eigenvalue weighted by molar-refractivity contribution is 0.0526. The molecular formula is C22H27NO5S. The third-order valence-electron chi connectivity index (χ3n) is 4.67. The zero-order valence-electron chi connectivity index (χ0n) is 16.9. The molecule has 0 aliphatic heterocycles. The maximum atomic E-state index is 12.9. The van der Waals surface area contributed by atoms with Crippen molar-refractivity contribution in [3.05, 3.63) is 45.8 Å². The second-order valence-electron chi connectivity index (χ2n) is 6.66. The number of nitrogens with one attached hydrogen (secondary N) is 1. The van der Waals surface area contributed by atoms with Crippen molar-refractivity contribution in [2.24, 2.45) is 0 Å². The highest BCUT2D eigenvalue weighted by molar-refractivity contribution is 7.17. The summed E-state index contributed by atoms with van der Waals surface area (Å²) in [5, 5.41) is 3.50. The first-order chi connectivity index (χ1) is 14.1. The van der Waals surface area contributed by atoms with Gasteiger partial charge in [-0.1, -0.05) is 6.07 Å². The molecular weight excluding hydrogens is 390 g/mol. The van der Waals surface area contributed by atoms with Gasteiger partial charge in [0.1, 0.15) is 17.4 Å². The average molecular weight is 418 g/mol. The minimum absolute atomic E-state index is 0.274. The quantitative estimate of drug-likeness (QED) is 0.481. The minimum atomic E-state index is -0.366. The van der Waals surface area contributed by atoms with E-state index in [0.717, 1.165) is 31.2 Å². The van der Waals surface area contributed by atoms with Crippen molar-refractivity contribution in [1.29, 1.82) is 0 Å². The maximum Gasteiger partial charge on any atom is 0.341 e. The Morgan fingerprint density at radius 3 is 2.72 bits per heavy atom. The van der Waals surface area contributed by atoms with E-state index in [9.17, 15) is 9.59 Å². The number of amides is 1. The fraction of sp³-hybridized carbons (Fsp3) is 0.455. The summed E-state index contributed by atoms with van der Waals surface area (Å²) in [7, 11) is 0. The Labute approximate surface area is 175 Å². The summed E-state index contributed by atoms with van der Waals surface area (Å²) in [6.07, 6.45) is 3.93. The van der Waals surface area contributed by atoms with Crippen LogP contribution in [0.3, 0.4) is 0 Å². The Kier molecular flexibility index (Phi) is 7.66. The van der Waals surface area contributed by atoms with E-state index in [0.29, 0.717) is 48.3 Å². The summed E-state index contributed by atoms with van der Waals surface area (Å²) < 4.78 is 16.1. The van der Waals surface area contributed by atoms with Crippen LogP contribution in [0.15, 0.2) is 24.3 Å². The first kappa shape index (κ1) is 21.3. The van der Waals surface area contributed by atoms with Crippen LogP contribution in [-0.4, -0.2) is 38.3 Å². The highest BCUT2D eigenvalue weighted by Crippen LogP contribution is 2.38. The molecule has 3 rings (SSSR count). The summed E-state index contributed by atoms with van der Waals surface area (Å²) in [4.78, 5) is 26.6. The van der Waals surface area contributed by atoms with E-state index in [1.165, 1.54) is 16.2 Å². The fourth-order valence-electron chi connectivity index (χ4n) is 3.34. The van der Waals surface area contributed by atoms with Crippen LogP contribution < -0.4 is 10.1 Å². The molecule has 29 heavy (non-hydrogen) atoms.